The third-order valence-corrected chi connectivity index (χ3v) is 2.56. The zero-order chi connectivity index (χ0) is 12.3. The molecule has 0 aliphatic rings. The molecule has 88 valence electrons. The van der Waals surface area contributed by atoms with Crippen LogP contribution in [-0.4, -0.2) is 9.97 Å². The number of nitrogens with zero attached hydrogens (tertiary/aromatic N) is 1. The summed E-state index contributed by atoms with van der Waals surface area (Å²) in [5, 5.41) is 0. The third-order valence-electron chi connectivity index (χ3n) is 2.56. The molecule has 0 spiro atoms. The van der Waals surface area contributed by atoms with Crippen LogP contribution in [0.5, 0.6) is 0 Å². The first-order chi connectivity index (χ1) is 8.15. The molecule has 2 rings (SSSR count). The molecule has 1 aromatic carbocycles. The fraction of sp³-hybridized carbons (Fsp3) is 0.231. The maximum Gasteiger partial charge on any atom is 0.251 e. The molecule has 0 saturated carbocycles. The van der Waals surface area contributed by atoms with Crippen LogP contribution in [0, 0.1) is 6.92 Å². The van der Waals surface area contributed by atoms with Crippen LogP contribution in [0.15, 0.2) is 41.2 Å². The summed E-state index contributed by atoms with van der Waals surface area (Å²) in [7, 11) is 0. The van der Waals surface area contributed by atoms with E-state index >= 15 is 0 Å². The lowest BCUT2D eigenvalue weighted by Gasteiger charge is -2.11. The van der Waals surface area contributed by atoms with Gasteiger partial charge in [-0.1, -0.05) is 30.3 Å². The molecule has 0 aliphatic carbocycles. The number of aromatic amines is 1. The molecule has 1 atom stereocenters. The first kappa shape index (κ1) is 11.5. The molecular formula is C13H15N3O. The maximum absolute atomic E-state index is 11.3. The van der Waals surface area contributed by atoms with Gasteiger partial charge in [0.1, 0.15) is 5.82 Å². The van der Waals surface area contributed by atoms with Crippen LogP contribution in [0.3, 0.4) is 0 Å². The van der Waals surface area contributed by atoms with Crippen LogP contribution in [-0.2, 0) is 6.42 Å². The van der Waals surface area contributed by atoms with E-state index in [1.807, 2.05) is 30.3 Å². The van der Waals surface area contributed by atoms with Gasteiger partial charge < -0.3 is 10.7 Å². The Bertz CT molecular complexity index is 548. The SMILES string of the molecule is Cc1nc([C@H](N)Cc2ccccc2)cc(=O)[nH]1. The molecule has 17 heavy (non-hydrogen) atoms. The predicted octanol–water partition coefficient (Wildman–Crippen LogP) is 1.32. The van der Waals surface area contributed by atoms with Crippen LogP contribution in [0.4, 0.5) is 0 Å². The minimum Gasteiger partial charge on any atom is -0.322 e. The fourth-order valence-electron chi connectivity index (χ4n) is 1.77. The van der Waals surface area contributed by atoms with Crippen LogP contribution in [0.25, 0.3) is 0 Å². The molecule has 0 saturated heterocycles. The summed E-state index contributed by atoms with van der Waals surface area (Å²) >= 11 is 0. The van der Waals surface area contributed by atoms with Gasteiger partial charge in [-0.25, -0.2) is 4.98 Å². The second kappa shape index (κ2) is 4.93. The van der Waals surface area contributed by atoms with E-state index in [0.717, 1.165) is 5.56 Å². The predicted molar refractivity (Wildman–Crippen MR) is 66.7 cm³/mol. The number of aromatic nitrogens is 2. The molecule has 2 aromatic rings. The van der Waals surface area contributed by atoms with Crippen molar-refractivity contribution >= 4 is 0 Å². The highest BCUT2D eigenvalue weighted by Crippen LogP contribution is 2.12. The van der Waals surface area contributed by atoms with Crippen LogP contribution in [0.1, 0.15) is 23.1 Å². The summed E-state index contributed by atoms with van der Waals surface area (Å²) in [4.78, 5) is 18.2. The first-order valence-corrected chi connectivity index (χ1v) is 5.52. The van der Waals surface area contributed by atoms with Crippen molar-refractivity contribution in [2.45, 2.75) is 19.4 Å². The van der Waals surface area contributed by atoms with E-state index in [9.17, 15) is 4.79 Å². The molecule has 0 amide bonds. The number of rotatable bonds is 3. The van der Waals surface area contributed by atoms with Crippen molar-refractivity contribution in [3.05, 3.63) is 63.8 Å². The van der Waals surface area contributed by atoms with Crippen LogP contribution < -0.4 is 11.3 Å². The molecule has 0 bridgehead atoms. The standard InChI is InChI=1S/C13H15N3O/c1-9-15-12(8-13(17)16-9)11(14)7-10-5-3-2-4-6-10/h2-6,8,11H,7,14H2,1H3,(H,15,16,17)/t11-/m1/s1. The van der Waals surface area contributed by atoms with Crippen LogP contribution >= 0.6 is 0 Å². The molecule has 1 heterocycles. The smallest absolute Gasteiger partial charge is 0.251 e. The summed E-state index contributed by atoms with van der Waals surface area (Å²) in [6.07, 6.45) is 0.677. The van der Waals surface area contributed by atoms with Crippen molar-refractivity contribution in [2.75, 3.05) is 0 Å². The molecule has 0 unspecified atom stereocenters. The van der Waals surface area contributed by atoms with Crippen molar-refractivity contribution < 1.29 is 0 Å². The summed E-state index contributed by atoms with van der Waals surface area (Å²) in [6, 6.07) is 11.1. The lowest BCUT2D eigenvalue weighted by atomic mass is 10.0. The molecule has 0 aliphatic heterocycles. The average molecular weight is 229 g/mol. The van der Waals surface area contributed by atoms with E-state index in [1.54, 1.807) is 6.92 Å². The number of nitrogens with two attached hydrogens (primary N) is 1. The lowest BCUT2D eigenvalue weighted by molar-refractivity contribution is 0.685. The Labute approximate surface area is 99.5 Å². The highest BCUT2D eigenvalue weighted by Gasteiger charge is 2.09. The van der Waals surface area contributed by atoms with Crippen molar-refractivity contribution in [3.8, 4) is 0 Å². The van der Waals surface area contributed by atoms with Gasteiger partial charge in [0.25, 0.3) is 5.56 Å². The number of hydrogen-bond acceptors (Lipinski definition) is 3. The number of benzene rings is 1. The molecule has 3 N–H and O–H groups in total. The van der Waals surface area contributed by atoms with E-state index in [-0.39, 0.29) is 11.6 Å². The monoisotopic (exact) mass is 229 g/mol. The first-order valence-electron chi connectivity index (χ1n) is 5.52. The van der Waals surface area contributed by atoms with E-state index in [4.69, 9.17) is 5.73 Å². The second-order valence-corrected chi connectivity index (χ2v) is 4.05. The molecule has 4 heteroatoms. The molecule has 0 radical (unpaired) electrons. The summed E-state index contributed by atoms with van der Waals surface area (Å²) < 4.78 is 0. The van der Waals surface area contributed by atoms with Gasteiger partial charge in [0, 0.05) is 6.07 Å². The molecular weight excluding hydrogens is 214 g/mol. The maximum atomic E-state index is 11.3. The van der Waals surface area contributed by atoms with Crippen molar-refractivity contribution in [2.24, 2.45) is 5.73 Å². The average Bonchev–Trinajstić information content (AvgIpc) is 2.29. The van der Waals surface area contributed by atoms with Gasteiger partial charge >= 0.3 is 0 Å². The highest BCUT2D eigenvalue weighted by atomic mass is 16.1. The van der Waals surface area contributed by atoms with Crippen molar-refractivity contribution in [1.82, 2.24) is 9.97 Å². The van der Waals surface area contributed by atoms with E-state index < -0.39 is 0 Å². The zero-order valence-corrected chi connectivity index (χ0v) is 9.68. The van der Waals surface area contributed by atoms with E-state index in [1.165, 1.54) is 6.07 Å². The highest BCUT2D eigenvalue weighted by molar-refractivity contribution is 5.18. The number of H-pyrrole nitrogens is 1. The van der Waals surface area contributed by atoms with Gasteiger partial charge in [-0.3, -0.25) is 4.79 Å². The van der Waals surface area contributed by atoms with Gasteiger partial charge in [0.15, 0.2) is 0 Å². The number of aryl methyl sites for hydroxylation is 1. The van der Waals surface area contributed by atoms with E-state index in [2.05, 4.69) is 9.97 Å². The Kier molecular flexibility index (Phi) is 3.35. The van der Waals surface area contributed by atoms with Gasteiger partial charge in [-0.15, -0.1) is 0 Å². The molecule has 0 fully saturated rings. The fourth-order valence-corrected chi connectivity index (χ4v) is 1.77. The van der Waals surface area contributed by atoms with Crippen molar-refractivity contribution in [3.63, 3.8) is 0 Å². The van der Waals surface area contributed by atoms with E-state index in [0.29, 0.717) is 17.9 Å². The van der Waals surface area contributed by atoms with Crippen molar-refractivity contribution in [1.29, 1.82) is 0 Å². The topological polar surface area (TPSA) is 71.8 Å². The lowest BCUT2D eigenvalue weighted by Crippen LogP contribution is -2.20. The third kappa shape index (κ3) is 3.01. The van der Waals surface area contributed by atoms with Gasteiger partial charge in [0.05, 0.1) is 11.7 Å². The largest absolute Gasteiger partial charge is 0.322 e. The quantitative estimate of drug-likeness (QED) is 0.833. The molecule has 4 nitrogen and oxygen atoms in total. The Balaban J connectivity index is 2.20. The molecule has 1 aromatic heterocycles. The Hall–Kier alpha value is -1.94. The van der Waals surface area contributed by atoms with Gasteiger partial charge in [0.2, 0.25) is 0 Å². The summed E-state index contributed by atoms with van der Waals surface area (Å²) in [5.74, 6) is 0.594. The Morgan fingerprint density at radius 2 is 2.06 bits per heavy atom. The normalized spacial score (nSPS) is 12.4. The zero-order valence-electron chi connectivity index (χ0n) is 9.68. The summed E-state index contributed by atoms with van der Waals surface area (Å²) in [5.41, 5.74) is 7.67. The van der Waals surface area contributed by atoms with Crippen LogP contribution in [0.2, 0.25) is 0 Å². The second-order valence-electron chi connectivity index (χ2n) is 4.05. The Morgan fingerprint density at radius 3 is 2.71 bits per heavy atom. The number of hydrogen-bond donors (Lipinski definition) is 2. The number of nitrogens with one attached hydrogen (secondary N) is 1. The van der Waals surface area contributed by atoms with Gasteiger partial charge in [-0.05, 0) is 18.9 Å². The van der Waals surface area contributed by atoms with Gasteiger partial charge in [-0.2, -0.15) is 0 Å². The summed E-state index contributed by atoms with van der Waals surface area (Å²) in [6.45, 7) is 1.75. The Morgan fingerprint density at radius 1 is 1.35 bits per heavy atom. The minimum absolute atomic E-state index is 0.156. The minimum atomic E-state index is -0.251.